The summed E-state index contributed by atoms with van der Waals surface area (Å²) in [7, 11) is 1.29. The van der Waals surface area contributed by atoms with Crippen LogP contribution in [0.2, 0.25) is 0 Å². The molecule has 7 heteroatoms. The minimum atomic E-state index is -0.531. The highest BCUT2D eigenvalue weighted by Gasteiger charge is 2.16. The number of ether oxygens (including phenoxy) is 1. The summed E-state index contributed by atoms with van der Waals surface area (Å²) in [5.74, 6) is -0.0236. The Morgan fingerprint density at radius 1 is 0.929 bits per heavy atom. The van der Waals surface area contributed by atoms with Crippen molar-refractivity contribution in [2.24, 2.45) is 0 Å². The van der Waals surface area contributed by atoms with Crippen molar-refractivity contribution in [2.45, 2.75) is 13.8 Å². The fraction of sp³-hybridized carbons (Fsp3) is 0.143. The Balaban J connectivity index is 1.86. The largest absolute Gasteiger partial charge is 0.465 e. The van der Waals surface area contributed by atoms with Crippen LogP contribution in [0.25, 0.3) is 0 Å². The molecular weight excluding hydrogens is 356 g/mol. The predicted molar refractivity (Wildman–Crippen MR) is 107 cm³/mol. The Labute approximate surface area is 162 Å². The van der Waals surface area contributed by atoms with Crippen LogP contribution < -0.4 is 10.6 Å². The van der Waals surface area contributed by atoms with Crippen molar-refractivity contribution in [2.75, 3.05) is 17.7 Å². The molecule has 2 aromatic carbocycles. The zero-order valence-corrected chi connectivity index (χ0v) is 15.8. The van der Waals surface area contributed by atoms with Gasteiger partial charge in [0.05, 0.1) is 18.4 Å². The lowest BCUT2D eigenvalue weighted by molar-refractivity contribution is 0.0602. The summed E-state index contributed by atoms with van der Waals surface area (Å²) in [5, 5.41) is 5.92. The number of methoxy groups -OCH3 is 1. The third kappa shape index (κ3) is 4.32. The van der Waals surface area contributed by atoms with Gasteiger partial charge in [-0.2, -0.15) is 0 Å². The topological polar surface area (TPSA) is 93.2 Å². The standard InChI is InChI=1S/C21H20N4O3/c1-13-8-4-6-10-16(13)24-19-12-18(22-14(2)23-19)20(26)25-17-11-7-5-9-15(17)21(27)28-3/h4-12H,1-3H3,(H,25,26)(H,22,23,24). The normalized spacial score (nSPS) is 10.2. The molecule has 142 valence electrons. The SMILES string of the molecule is COC(=O)c1ccccc1NC(=O)c1cc(Nc2ccccc2C)nc(C)n1. The molecule has 0 bridgehead atoms. The van der Waals surface area contributed by atoms with E-state index in [1.807, 2.05) is 31.2 Å². The number of carbonyl (C=O) groups excluding carboxylic acids is 2. The van der Waals surface area contributed by atoms with Crippen molar-refractivity contribution in [3.63, 3.8) is 0 Å². The third-order valence-corrected chi connectivity index (χ3v) is 4.06. The Kier molecular flexibility index (Phi) is 5.64. The van der Waals surface area contributed by atoms with Crippen LogP contribution in [0.1, 0.15) is 32.2 Å². The molecule has 0 saturated heterocycles. The average molecular weight is 376 g/mol. The summed E-state index contributed by atoms with van der Waals surface area (Å²) in [6.45, 7) is 3.69. The van der Waals surface area contributed by atoms with Gasteiger partial charge < -0.3 is 15.4 Å². The first-order valence-electron chi connectivity index (χ1n) is 8.65. The summed E-state index contributed by atoms with van der Waals surface area (Å²) in [5.41, 5.74) is 2.74. The molecular formula is C21H20N4O3. The second-order valence-corrected chi connectivity index (χ2v) is 6.12. The molecule has 0 aliphatic heterocycles. The van der Waals surface area contributed by atoms with Gasteiger partial charge in [0.1, 0.15) is 17.3 Å². The molecule has 0 aliphatic carbocycles. The molecule has 0 spiro atoms. The lowest BCUT2D eigenvalue weighted by atomic mass is 10.1. The van der Waals surface area contributed by atoms with Crippen LogP contribution in [0.4, 0.5) is 17.2 Å². The molecule has 3 aromatic rings. The zero-order chi connectivity index (χ0) is 20.1. The highest BCUT2D eigenvalue weighted by molar-refractivity contribution is 6.07. The summed E-state index contributed by atoms with van der Waals surface area (Å²) in [4.78, 5) is 33.2. The van der Waals surface area contributed by atoms with Crippen molar-refractivity contribution in [3.8, 4) is 0 Å². The number of esters is 1. The van der Waals surface area contributed by atoms with Crippen LogP contribution in [0.15, 0.2) is 54.6 Å². The number of aromatic nitrogens is 2. The maximum absolute atomic E-state index is 12.7. The number of benzene rings is 2. The number of para-hydroxylation sites is 2. The Hall–Kier alpha value is -3.74. The number of amides is 1. The highest BCUT2D eigenvalue weighted by Crippen LogP contribution is 2.21. The van der Waals surface area contributed by atoms with Crippen LogP contribution >= 0.6 is 0 Å². The summed E-state index contributed by atoms with van der Waals surface area (Å²) in [6.07, 6.45) is 0. The van der Waals surface area contributed by atoms with Gasteiger partial charge in [-0.15, -0.1) is 0 Å². The van der Waals surface area contributed by atoms with E-state index in [0.717, 1.165) is 11.3 Å². The molecule has 1 amide bonds. The molecule has 2 N–H and O–H groups in total. The van der Waals surface area contributed by atoms with E-state index in [1.165, 1.54) is 7.11 Å². The van der Waals surface area contributed by atoms with E-state index >= 15 is 0 Å². The number of hydrogen-bond donors (Lipinski definition) is 2. The average Bonchev–Trinajstić information content (AvgIpc) is 2.69. The second kappa shape index (κ2) is 8.30. The molecule has 28 heavy (non-hydrogen) atoms. The predicted octanol–water partition coefficient (Wildman–Crippen LogP) is 3.88. The van der Waals surface area contributed by atoms with Gasteiger partial charge in [0.25, 0.3) is 5.91 Å². The molecule has 1 aromatic heterocycles. The van der Waals surface area contributed by atoms with Crippen molar-refractivity contribution < 1.29 is 14.3 Å². The van der Waals surface area contributed by atoms with E-state index in [4.69, 9.17) is 4.74 Å². The Bertz CT molecular complexity index is 1030. The molecule has 0 saturated carbocycles. The molecule has 0 unspecified atom stereocenters. The first-order chi connectivity index (χ1) is 13.5. The Morgan fingerprint density at radius 3 is 2.32 bits per heavy atom. The molecule has 7 nitrogen and oxygen atoms in total. The van der Waals surface area contributed by atoms with E-state index in [2.05, 4.69) is 20.6 Å². The summed E-state index contributed by atoms with van der Waals surface area (Å²) < 4.78 is 4.75. The van der Waals surface area contributed by atoms with Crippen molar-refractivity contribution in [1.29, 1.82) is 0 Å². The van der Waals surface area contributed by atoms with Crippen LogP contribution in [0, 0.1) is 13.8 Å². The van der Waals surface area contributed by atoms with Gasteiger partial charge in [-0.1, -0.05) is 30.3 Å². The van der Waals surface area contributed by atoms with E-state index < -0.39 is 11.9 Å². The van der Waals surface area contributed by atoms with Crippen molar-refractivity contribution in [3.05, 3.63) is 77.2 Å². The maximum Gasteiger partial charge on any atom is 0.339 e. The quantitative estimate of drug-likeness (QED) is 0.657. The van der Waals surface area contributed by atoms with Gasteiger partial charge in [0, 0.05) is 11.8 Å². The van der Waals surface area contributed by atoms with E-state index in [9.17, 15) is 9.59 Å². The number of rotatable bonds is 5. The first-order valence-corrected chi connectivity index (χ1v) is 8.65. The fourth-order valence-electron chi connectivity index (χ4n) is 2.67. The molecule has 0 fully saturated rings. The highest BCUT2D eigenvalue weighted by atomic mass is 16.5. The second-order valence-electron chi connectivity index (χ2n) is 6.12. The number of hydrogen-bond acceptors (Lipinski definition) is 6. The minimum absolute atomic E-state index is 0.184. The zero-order valence-electron chi connectivity index (χ0n) is 15.8. The van der Waals surface area contributed by atoms with Gasteiger partial charge in [-0.3, -0.25) is 4.79 Å². The lowest BCUT2D eigenvalue weighted by Gasteiger charge is -2.12. The Morgan fingerprint density at radius 2 is 1.61 bits per heavy atom. The van der Waals surface area contributed by atoms with Crippen molar-refractivity contribution >= 4 is 29.1 Å². The minimum Gasteiger partial charge on any atom is -0.465 e. The van der Waals surface area contributed by atoms with Gasteiger partial charge in [0.15, 0.2) is 0 Å². The molecule has 0 radical (unpaired) electrons. The molecule has 1 heterocycles. The van der Waals surface area contributed by atoms with Crippen LogP contribution in [-0.2, 0) is 4.74 Å². The fourth-order valence-corrected chi connectivity index (χ4v) is 2.67. The molecule has 0 aliphatic rings. The van der Waals surface area contributed by atoms with Crippen molar-refractivity contribution in [1.82, 2.24) is 9.97 Å². The number of nitrogens with zero attached hydrogens (tertiary/aromatic N) is 2. The third-order valence-electron chi connectivity index (χ3n) is 4.06. The number of carbonyl (C=O) groups is 2. The number of aryl methyl sites for hydroxylation is 2. The molecule has 3 rings (SSSR count). The smallest absolute Gasteiger partial charge is 0.339 e. The lowest BCUT2D eigenvalue weighted by Crippen LogP contribution is -2.17. The van der Waals surface area contributed by atoms with Crippen LogP contribution in [0.3, 0.4) is 0 Å². The van der Waals surface area contributed by atoms with E-state index in [-0.39, 0.29) is 11.3 Å². The van der Waals surface area contributed by atoms with Gasteiger partial charge in [-0.05, 0) is 37.6 Å². The van der Waals surface area contributed by atoms with E-state index in [1.54, 1.807) is 37.3 Å². The van der Waals surface area contributed by atoms with Gasteiger partial charge in [0.2, 0.25) is 0 Å². The van der Waals surface area contributed by atoms with Gasteiger partial charge >= 0.3 is 5.97 Å². The number of anilines is 3. The maximum atomic E-state index is 12.7. The van der Waals surface area contributed by atoms with Crippen LogP contribution in [-0.4, -0.2) is 29.0 Å². The molecule has 0 atom stereocenters. The number of nitrogens with one attached hydrogen (secondary N) is 2. The monoisotopic (exact) mass is 376 g/mol. The van der Waals surface area contributed by atoms with E-state index in [0.29, 0.717) is 17.3 Å². The summed E-state index contributed by atoms with van der Waals surface area (Å²) >= 11 is 0. The van der Waals surface area contributed by atoms with Gasteiger partial charge in [-0.25, -0.2) is 14.8 Å². The van der Waals surface area contributed by atoms with Crippen LogP contribution in [0.5, 0.6) is 0 Å². The first kappa shape index (κ1) is 19.0. The summed E-state index contributed by atoms with van der Waals surface area (Å²) in [6, 6.07) is 16.0.